The summed E-state index contributed by atoms with van der Waals surface area (Å²) < 4.78 is 36.3. The summed E-state index contributed by atoms with van der Waals surface area (Å²) >= 11 is 1.54. The van der Waals surface area contributed by atoms with Crippen molar-refractivity contribution in [3.05, 3.63) is 89.1 Å². The Morgan fingerprint density at radius 3 is 2.60 bits per heavy atom. The standard InChI is InChI=1S/C32H30F2N4O3S/c1-35-31(39)29-23-14-21(27(37(2)42-3)16-28(23)41-30(29)18-9-11-20(33)12-10-18)19-6-5-13-38(17-19)32(40)26-15-22-24(34)7-4-8-25(22)36-26/h4,7-12,14-16,19,36H,5-6,13,17H2,1-3H3,(H,35,39). The van der Waals surface area contributed by atoms with Gasteiger partial charge in [0.15, 0.2) is 0 Å². The van der Waals surface area contributed by atoms with Gasteiger partial charge >= 0.3 is 0 Å². The van der Waals surface area contributed by atoms with Gasteiger partial charge in [-0.1, -0.05) is 18.0 Å². The summed E-state index contributed by atoms with van der Waals surface area (Å²) in [6, 6.07) is 16.1. The number of fused-ring (bicyclic) bond motifs is 2. The van der Waals surface area contributed by atoms with Gasteiger partial charge in [-0.25, -0.2) is 8.78 Å². The molecule has 10 heteroatoms. The average molecular weight is 589 g/mol. The van der Waals surface area contributed by atoms with Gasteiger partial charge in [-0.15, -0.1) is 0 Å². The van der Waals surface area contributed by atoms with Crippen molar-refractivity contribution in [1.82, 2.24) is 15.2 Å². The molecular weight excluding hydrogens is 558 g/mol. The average Bonchev–Trinajstić information content (AvgIpc) is 3.62. The number of nitrogens with zero attached hydrogens (tertiary/aromatic N) is 2. The van der Waals surface area contributed by atoms with Crippen LogP contribution in [0.3, 0.4) is 0 Å². The first-order chi connectivity index (χ1) is 20.3. The molecule has 1 saturated heterocycles. The number of hydrogen-bond acceptors (Lipinski definition) is 5. The molecule has 0 saturated carbocycles. The molecule has 0 spiro atoms. The minimum absolute atomic E-state index is 0.0143. The number of amides is 2. The molecule has 1 unspecified atom stereocenters. The molecule has 216 valence electrons. The molecule has 0 radical (unpaired) electrons. The number of carbonyl (C=O) groups excluding carboxylic acids is 2. The number of halogens is 2. The van der Waals surface area contributed by atoms with Gasteiger partial charge in [-0.2, -0.15) is 0 Å². The molecule has 1 atom stereocenters. The van der Waals surface area contributed by atoms with Crippen LogP contribution in [0.2, 0.25) is 0 Å². The van der Waals surface area contributed by atoms with E-state index in [1.807, 2.05) is 34.6 Å². The molecule has 1 aliphatic rings. The normalized spacial score (nSPS) is 15.4. The maximum Gasteiger partial charge on any atom is 0.270 e. The molecule has 1 aliphatic heterocycles. The predicted molar refractivity (Wildman–Crippen MR) is 163 cm³/mol. The van der Waals surface area contributed by atoms with E-state index in [2.05, 4.69) is 10.3 Å². The van der Waals surface area contributed by atoms with E-state index >= 15 is 0 Å². The van der Waals surface area contributed by atoms with Gasteiger partial charge in [0.1, 0.15) is 28.7 Å². The number of H-pyrrole nitrogens is 1. The highest BCUT2D eigenvalue weighted by atomic mass is 32.2. The third kappa shape index (κ3) is 4.89. The first-order valence-electron chi connectivity index (χ1n) is 13.7. The van der Waals surface area contributed by atoms with Gasteiger partial charge in [-0.05, 0) is 66.9 Å². The largest absolute Gasteiger partial charge is 0.455 e. The second-order valence-electron chi connectivity index (χ2n) is 10.5. The second kappa shape index (κ2) is 11.2. The maximum atomic E-state index is 14.3. The SMILES string of the molecule is CNC(=O)c1c(-c2ccc(F)cc2)oc2cc(N(C)SC)c(C3CCCN(C(=O)c4cc5c(F)cccc5[nH]4)C3)cc12. The van der Waals surface area contributed by atoms with Gasteiger partial charge in [0.2, 0.25) is 0 Å². The van der Waals surface area contributed by atoms with E-state index in [1.165, 1.54) is 18.2 Å². The van der Waals surface area contributed by atoms with E-state index in [0.29, 0.717) is 57.5 Å². The zero-order valence-corrected chi connectivity index (χ0v) is 24.3. The number of carbonyl (C=O) groups is 2. The van der Waals surface area contributed by atoms with Crippen LogP contribution in [0.1, 0.15) is 45.2 Å². The summed E-state index contributed by atoms with van der Waals surface area (Å²) in [5, 5.41) is 3.75. The molecule has 5 aromatic rings. The highest BCUT2D eigenvalue weighted by molar-refractivity contribution is 7.99. The summed E-state index contributed by atoms with van der Waals surface area (Å²) in [6.45, 7) is 1.06. The van der Waals surface area contributed by atoms with Crippen LogP contribution in [0.15, 0.2) is 65.1 Å². The van der Waals surface area contributed by atoms with Gasteiger partial charge in [0.05, 0.1) is 11.3 Å². The lowest BCUT2D eigenvalue weighted by molar-refractivity contribution is 0.0702. The van der Waals surface area contributed by atoms with Gasteiger partial charge < -0.3 is 23.9 Å². The topological polar surface area (TPSA) is 81.6 Å². The number of aromatic nitrogens is 1. The minimum Gasteiger partial charge on any atom is -0.455 e. The highest BCUT2D eigenvalue weighted by Crippen LogP contribution is 2.42. The fourth-order valence-electron chi connectivity index (χ4n) is 5.82. The summed E-state index contributed by atoms with van der Waals surface area (Å²) in [5.41, 5.74) is 4.37. The summed E-state index contributed by atoms with van der Waals surface area (Å²) in [4.78, 5) is 31.6. The Labute approximate surface area is 246 Å². The van der Waals surface area contributed by atoms with Gasteiger partial charge in [-0.3, -0.25) is 9.59 Å². The summed E-state index contributed by atoms with van der Waals surface area (Å²) in [6.07, 6.45) is 3.62. The molecule has 1 fully saturated rings. The summed E-state index contributed by atoms with van der Waals surface area (Å²) in [7, 11) is 3.52. The Kier molecular flexibility index (Phi) is 7.40. The number of nitrogens with one attached hydrogen (secondary N) is 2. The van der Waals surface area contributed by atoms with Gasteiger partial charge in [0, 0.05) is 67.3 Å². The first-order valence-corrected chi connectivity index (χ1v) is 14.9. The van der Waals surface area contributed by atoms with Crippen molar-refractivity contribution in [3.8, 4) is 11.3 Å². The zero-order chi connectivity index (χ0) is 29.5. The number of benzene rings is 3. The lowest BCUT2D eigenvalue weighted by Gasteiger charge is -2.34. The number of likely N-dealkylation sites (tertiary alicyclic amines) is 1. The molecule has 6 rings (SSSR count). The fourth-order valence-corrected chi connectivity index (χ4v) is 6.18. The third-order valence-corrected chi connectivity index (χ3v) is 8.75. The number of rotatable bonds is 6. The molecular formula is C32H30F2N4O3S. The Morgan fingerprint density at radius 1 is 1.10 bits per heavy atom. The number of piperidine rings is 1. The van der Waals surface area contributed by atoms with Crippen LogP contribution in [0.4, 0.5) is 14.5 Å². The van der Waals surface area contributed by atoms with Crippen molar-refractivity contribution < 1.29 is 22.8 Å². The van der Waals surface area contributed by atoms with E-state index in [4.69, 9.17) is 4.42 Å². The lowest BCUT2D eigenvalue weighted by Crippen LogP contribution is -2.39. The van der Waals surface area contributed by atoms with E-state index in [0.717, 1.165) is 24.1 Å². The van der Waals surface area contributed by atoms with Crippen molar-refractivity contribution in [2.75, 3.05) is 37.7 Å². The number of hydrogen-bond donors (Lipinski definition) is 2. The van der Waals surface area contributed by atoms with E-state index in [9.17, 15) is 18.4 Å². The third-order valence-electron chi connectivity index (χ3n) is 8.00. The lowest BCUT2D eigenvalue weighted by atomic mass is 9.88. The van der Waals surface area contributed by atoms with Crippen molar-refractivity contribution in [2.45, 2.75) is 18.8 Å². The molecule has 0 bridgehead atoms. The van der Waals surface area contributed by atoms with Crippen LogP contribution in [-0.4, -0.2) is 55.1 Å². The summed E-state index contributed by atoms with van der Waals surface area (Å²) in [5.74, 6) is -0.883. The smallest absolute Gasteiger partial charge is 0.270 e. The van der Waals surface area contributed by atoms with Crippen LogP contribution < -0.4 is 9.62 Å². The Hall–Kier alpha value is -4.31. The van der Waals surface area contributed by atoms with Crippen molar-refractivity contribution >= 4 is 51.3 Å². The second-order valence-corrected chi connectivity index (χ2v) is 11.4. The Balaban J connectivity index is 1.42. The van der Waals surface area contributed by atoms with Crippen LogP contribution >= 0.6 is 11.9 Å². The minimum atomic E-state index is -0.378. The number of aromatic amines is 1. The van der Waals surface area contributed by atoms with Crippen molar-refractivity contribution in [3.63, 3.8) is 0 Å². The molecule has 0 aliphatic carbocycles. The first kappa shape index (κ1) is 27.8. The molecule has 2 aromatic heterocycles. The predicted octanol–water partition coefficient (Wildman–Crippen LogP) is 6.95. The van der Waals surface area contributed by atoms with E-state index < -0.39 is 0 Å². The monoisotopic (exact) mass is 588 g/mol. The van der Waals surface area contributed by atoms with E-state index in [1.54, 1.807) is 49.3 Å². The fraction of sp³-hybridized carbons (Fsp3) is 0.250. The zero-order valence-electron chi connectivity index (χ0n) is 23.5. The van der Waals surface area contributed by atoms with Crippen LogP contribution in [-0.2, 0) is 0 Å². The highest BCUT2D eigenvalue weighted by Gasteiger charge is 2.31. The number of anilines is 1. The number of furan rings is 1. The van der Waals surface area contributed by atoms with Crippen molar-refractivity contribution in [2.24, 2.45) is 0 Å². The molecule has 2 N–H and O–H groups in total. The van der Waals surface area contributed by atoms with Crippen LogP contribution in [0, 0.1) is 11.6 Å². The molecule has 7 nitrogen and oxygen atoms in total. The van der Waals surface area contributed by atoms with E-state index in [-0.39, 0.29) is 29.4 Å². The van der Waals surface area contributed by atoms with Crippen LogP contribution in [0.5, 0.6) is 0 Å². The molecule has 2 amide bonds. The Morgan fingerprint density at radius 2 is 1.88 bits per heavy atom. The maximum absolute atomic E-state index is 14.3. The van der Waals surface area contributed by atoms with Gasteiger partial charge in [0.25, 0.3) is 11.8 Å². The quantitative estimate of drug-likeness (QED) is 0.210. The van der Waals surface area contributed by atoms with Crippen molar-refractivity contribution in [1.29, 1.82) is 0 Å². The molecule has 42 heavy (non-hydrogen) atoms. The molecule has 3 aromatic carbocycles. The molecule has 3 heterocycles. The van der Waals surface area contributed by atoms with Crippen LogP contribution in [0.25, 0.3) is 33.2 Å². The Bertz CT molecular complexity index is 1810.